The number of rotatable bonds is 3. The number of anilines is 1. The van der Waals surface area contributed by atoms with Gasteiger partial charge < -0.3 is 14.8 Å². The quantitative estimate of drug-likeness (QED) is 0.937. The highest BCUT2D eigenvalue weighted by Gasteiger charge is 2.14. The Bertz CT molecular complexity index is 735. The van der Waals surface area contributed by atoms with E-state index >= 15 is 0 Å². The third-order valence-electron chi connectivity index (χ3n) is 3.08. The van der Waals surface area contributed by atoms with E-state index in [1.807, 2.05) is 12.1 Å². The highest BCUT2D eigenvalue weighted by molar-refractivity contribution is 5.92. The summed E-state index contributed by atoms with van der Waals surface area (Å²) in [6, 6.07) is 14.3. The van der Waals surface area contributed by atoms with Crippen molar-refractivity contribution in [3.05, 3.63) is 53.6 Å². The minimum absolute atomic E-state index is 0.149. The van der Waals surface area contributed by atoms with Gasteiger partial charge in [-0.1, -0.05) is 12.1 Å². The molecular formula is C16H12N2O3. The molecule has 2 aromatic carbocycles. The van der Waals surface area contributed by atoms with Gasteiger partial charge in [0.15, 0.2) is 11.5 Å². The first-order chi connectivity index (χ1) is 10.2. The molecule has 1 amide bonds. The van der Waals surface area contributed by atoms with E-state index in [-0.39, 0.29) is 19.1 Å². The molecule has 1 heterocycles. The van der Waals surface area contributed by atoms with Gasteiger partial charge in [-0.15, -0.1) is 0 Å². The fraction of sp³-hybridized carbons (Fsp3) is 0.125. The van der Waals surface area contributed by atoms with Crippen LogP contribution < -0.4 is 14.8 Å². The second kappa shape index (κ2) is 5.55. The summed E-state index contributed by atoms with van der Waals surface area (Å²) in [4.78, 5) is 12.0. The van der Waals surface area contributed by atoms with Crippen LogP contribution in [0.25, 0.3) is 0 Å². The first kappa shape index (κ1) is 13.0. The maximum Gasteiger partial charge on any atom is 0.231 e. The first-order valence-electron chi connectivity index (χ1n) is 6.43. The van der Waals surface area contributed by atoms with Gasteiger partial charge in [0, 0.05) is 5.69 Å². The minimum Gasteiger partial charge on any atom is -0.454 e. The van der Waals surface area contributed by atoms with Crippen LogP contribution in [0.4, 0.5) is 5.69 Å². The van der Waals surface area contributed by atoms with Crippen molar-refractivity contribution in [3.63, 3.8) is 0 Å². The molecule has 0 saturated heterocycles. The fourth-order valence-corrected chi connectivity index (χ4v) is 2.11. The van der Waals surface area contributed by atoms with Crippen LogP contribution in [0.2, 0.25) is 0 Å². The molecule has 3 rings (SSSR count). The molecule has 21 heavy (non-hydrogen) atoms. The van der Waals surface area contributed by atoms with Crippen LogP contribution in [-0.4, -0.2) is 12.7 Å². The SMILES string of the molecule is N#Cc1cccc(NC(=O)Cc2ccc3c(c2)OCO3)c1. The van der Waals surface area contributed by atoms with E-state index in [0.717, 1.165) is 5.56 Å². The smallest absolute Gasteiger partial charge is 0.231 e. The van der Waals surface area contributed by atoms with Crippen molar-refractivity contribution < 1.29 is 14.3 Å². The Kier molecular flexibility index (Phi) is 3.44. The zero-order valence-electron chi connectivity index (χ0n) is 11.1. The van der Waals surface area contributed by atoms with Crippen LogP contribution in [0.3, 0.4) is 0 Å². The average molecular weight is 280 g/mol. The van der Waals surface area contributed by atoms with E-state index in [0.29, 0.717) is 22.7 Å². The lowest BCUT2D eigenvalue weighted by Gasteiger charge is -2.06. The van der Waals surface area contributed by atoms with Gasteiger partial charge in [-0.2, -0.15) is 5.26 Å². The van der Waals surface area contributed by atoms with Gasteiger partial charge in [0.1, 0.15) is 0 Å². The summed E-state index contributed by atoms with van der Waals surface area (Å²) in [5.74, 6) is 1.21. The number of hydrogen-bond donors (Lipinski definition) is 1. The molecule has 0 saturated carbocycles. The molecule has 5 heteroatoms. The van der Waals surface area contributed by atoms with Gasteiger partial charge in [0.25, 0.3) is 0 Å². The number of carbonyl (C=O) groups excluding carboxylic acids is 1. The lowest BCUT2D eigenvalue weighted by Crippen LogP contribution is -2.14. The molecule has 1 aliphatic heterocycles. The Morgan fingerprint density at radius 2 is 2.05 bits per heavy atom. The maximum absolute atomic E-state index is 12.0. The molecule has 0 aromatic heterocycles. The lowest BCUT2D eigenvalue weighted by molar-refractivity contribution is -0.115. The zero-order chi connectivity index (χ0) is 14.7. The summed E-state index contributed by atoms with van der Waals surface area (Å²) in [6.07, 6.45) is 0.230. The zero-order valence-corrected chi connectivity index (χ0v) is 11.1. The number of benzene rings is 2. The number of amides is 1. The largest absolute Gasteiger partial charge is 0.454 e. The monoisotopic (exact) mass is 280 g/mol. The van der Waals surface area contributed by atoms with Crippen molar-refractivity contribution >= 4 is 11.6 Å². The van der Waals surface area contributed by atoms with Crippen LogP contribution in [0.1, 0.15) is 11.1 Å². The van der Waals surface area contributed by atoms with Crippen LogP contribution in [0, 0.1) is 11.3 Å². The molecule has 0 radical (unpaired) electrons. The molecule has 2 aromatic rings. The fourth-order valence-electron chi connectivity index (χ4n) is 2.11. The highest BCUT2D eigenvalue weighted by atomic mass is 16.7. The third kappa shape index (κ3) is 2.95. The summed E-state index contributed by atoms with van der Waals surface area (Å²) < 4.78 is 10.5. The minimum atomic E-state index is -0.149. The molecule has 0 bridgehead atoms. The lowest BCUT2D eigenvalue weighted by atomic mass is 10.1. The predicted octanol–water partition coefficient (Wildman–Crippen LogP) is 2.47. The van der Waals surface area contributed by atoms with Gasteiger partial charge >= 0.3 is 0 Å². The molecule has 104 valence electrons. The van der Waals surface area contributed by atoms with Gasteiger partial charge in [-0.3, -0.25) is 4.79 Å². The second-order valence-corrected chi connectivity index (χ2v) is 4.61. The van der Waals surface area contributed by atoms with Crippen molar-refractivity contribution in [2.45, 2.75) is 6.42 Å². The number of carbonyl (C=O) groups is 1. The van der Waals surface area contributed by atoms with Crippen molar-refractivity contribution in [2.75, 3.05) is 12.1 Å². The third-order valence-corrected chi connectivity index (χ3v) is 3.08. The van der Waals surface area contributed by atoms with Crippen LogP contribution in [0.15, 0.2) is 42.5 Å². The van der Waals surface area contributed by atoms with Crippen molar-refractivity contribution in [1.29, 1.82) is 5.26 Å². The Morgan fingerprint density at radius 3 is 2.90 bits per heavy atom. The molecule has 0 aliphatic carbocycles. The van der Waals surface area contributed by atoms with E-state index in [1.54, 1.807) is 36.4 Å². The topological polar surface area (TPSA) is 71.4 Å². The van der Waals surface area contributed by atoms with E-state index in [2.05, 4.69) is 5.32 Å². The summed E-state index contributed by atoms with van der Waals surface area (Å²) in [7, 11) is 0. The number of hydrogen-bond acceptors (Lipinski definition) is 4. The summed E-state index contributed by atoms with van der Waals surface area (Å²) in [6.45, 7) is 0.214. The molecule has 0 spiro atoms. The number of nitriles is 1. The van der Waals surface area contributed by atoms with Gasteiger partial charge in [-0.25, -0.2) is 0 Å². The number of nitrogens with zero attached hydrogens (tertiary/aromatic N) is 1. The molecule has 1 aliphatic rings. The first-order valence-corrected chi connectivity index (χ1v) is 6.43. The number of ether oxygens (including phenoxy) is 2. The average Bonchev–Trinajstić information content (AvgIpc) is 2.95. The van der Waals surface area contributed by atoms with E-state index < -0.39 is 0 Å². The van der Waals surface area contributed by atoms with Gasteiger partial charge in [-0.05, 0) is 35.9 Å². The number of nitrogens with one attached hydrogen (secondary N) is 1. The van der Waals surface area contributed by atoms with Gasteiger partial charge in [0.05, 0.1) is 18.1 Å². The Morgan fingerprint density at radius 1 is 1.19 bits per heavy atom. The Balaban J connectivity index is 1.67. The van der Waals surface area contributed by atoms with Crippen LogP contribution in [0.5, 0.6) is 11.5 Å². The van der Waals surface area contributed by atoms with Crippen LogP contribution >= 0.6 is 0 Å². The second-order valence-electron chi connectivity index (χ2n) is 4.61. The Labute approximate surface area is 121 Å². The molecule has 5 nitrogen and oxygen atoms in total. The normalized spacial score (nSPS) is 11.8. The van der Waals surface area contributed by atoms with Crippen LogP contribution in [-0.2, 0) is 11.2 Å². The molecule has 1 N–H and O–H groups in total. The molecular weight excluding hydrogens is 268 g/mol. The van der Waals surface area contributed by atoms with Crippen molar-refractivity contribution in [2.24, 2.45) is 0 Å². The Hall–Kier alpha value is -3.00. The summed E-state index contributed by atoms with van der Waals surface area (Å²) >= 11 is 0. The van der Waals surface area contributed by atoms with Crippen molar-refractivity contribution in [1.82, 2.24) is 0 Å². The standard InChI is InChI=1S/C16H12N2O3/c17-9-12-2-1-3-13(6-12)18-16(19)8-11-4-5-14-15(7-11)21-10-20-14/h1-7H,8,10H2,(H,18,19). The highest BCUT2D eigenvalue weighted by Crippen LogP contribution is 2.32. The maximum atomic E-state index is 12.0. The molecule has 0 unspecified atom stereocenters. The summed E-state index contributed by atoms with van der Waals surface area (Å²) in [5.41, 5.74) is 1.96. The van der Waals surface area contributed by atoms with Crippen molar-refractivity contribution in [3.8, 4) is 17.6 Å². The van der Waals surface area contributed by atoms with E-state index in [9.17, 15) is 4.79 Å². The predicted molar refractivity (Wildman–Crippen MR) is 76.1 cm³/mol. The summed E-state index contributed by atoms with van der Waals surface area (Å²) in [5, 5.41) is 11.6. The van der Waals surface area contributed by atoms with Gasteiger partial charge in [0.2, 0.25) is 12.7 Å². The van der Waals surface area contributed by atoms with E-state index in [1.165, 1.54) is 0 Å². The number of fused-ring (bicyclic) bond motifs is 1. The molecule has 0 fully saturated rings. The van der Waals surface area contributed by atoms with E-state index in [4.69, 9.17) is 14.7 Å². The molecule has 0 atom stereocenters.